The molecule has 26 heavy (non-hydrogen) atoms. The first-order valence-corrected chi connectivity index (χ1v) is 8.94. The van der Waals surface area contributed by atoms with Crippen molar-refractivity contribution in [3.63, 3.8) is 0 Å². The molecule has 0 radical (unpaired) electrons. The molecule has 0 heterocycles. The number of carbonyl (C=O) groups excluding carboxylic acids is 2. The molecule has 1 atom stereocenters. The molecule has 5 nitrogen and oxygen atoms in total. The molecule has 0 saturated carbocycles. The first-order chi connectivity index (χ1) is 12.5. The van der Waals surface area contributed by atoms with Crippen molar-refractivity contribution in [3.8, 4) is 0 Å². The van der Waals surface area contributed by atoms with Crippen molar-refractivity contribution in [2.45, 2.75) is 32.9 Å². The zero-order valence-corrected chi connectivity index (χ0v) is 15.4. The Kier molecular flexibility index (Phi) is 7.68. The van der Waals surface area contributed by atoms with Crippen LogP contribution in [-0.4, -0.2) is 18.5 Å². The molecule has 0 aliphatic carbocycles. The molecular weight excluding hydrogens is 326 g/mol. The van der Waals surface area contributed by atoms with Gasteiger partial charge in [0.2, 0.25) is 5.91 Å². The highest BCUT2D eigenvalue weighted by molar-refractivity contribution is 5.84. The number of rotatable bonds is 8. The number of urea groups is 1. The van der Waals surface area contributed by atoms with Gasteiger partial charge in [0, 0.05) is 6.54 Å². The van der Waals surface area contributed by atoms with Crippen LogP contribution < -0.4 is 16.0 Å². The number of benzene rings is 2. The summed E-state index contributed by atoms with van der Waals surface area (Å²) in [5.41, 5.74) is 2.08. The first kappa shape index (κ1) is 19.5. The molecule has 2 aromatic rings. The van der Waals surface area contributed by atoms with E-state index in [1.54, 1.807) is 0 Å². The Hall–Kier alpha value is -2.82. The molecule has 0 aromatic heterocycles. The lowest BCUT2D eigenvalue weighted by Crippen LogP contribution is -2.42. The molecule has 0 spiro atoms. The third-order valence-corrected chi connectivity index (χ3v) is 3.95. The van der Waals surface area contributed by atoms with Crippen LogP contribution in [0.1, 0.15) is 37.4 Å². The van der Waals surface area contributed by atoms with Crippen molar-refractivity contribution in [2.75, 3.05) is 6.54 Å². The second-order valence-electron chi connectivity index (χ2n) is 6.68. The quantitative estimate of drug-likeness (QED) is 0.681. The van der Waals surface area contributed by atoms with Crippen molar-refractivity contribution < 1.29 is 9.59 Å². The van der Waals surface area contributed by atoms with E-state index >= 15 is 0 Å². The SMILES string of the molecule is CC(C)CC(NC(=O)CNC(=O)NCc1ccccc1)c1ccccc1. The predicted octanol–water partition coefficient (Wildman–Crippen LogP) is 3.39. The summed E-state index contributed by atoms with van der Waals surface area (Å²) in [5.74, 6) is 0.247. The van der Waals surface area contributed by atoms with E-state index in [0.29, 0.717) is 12.5 Å². The van der Waals surface area contributed by atoms with Crippen LogP contribution in [0, 0.1) is 5.92 Å². The lowest BCUT2D eigenvalue weighted by Gasteiger charge is -2.21. The molecule has 5 heteroatoms. The number of nitrogens with one attached hydrogen (secondary N) is 3. The first-order valence-electron chi connectivity index (χ1n) is 8.94. The van der Waals surface area contributed by atoms with Gasteiger partial charge in [-0.1, -0.05) is 74.5 Å². The second kappa shape index (κ2) is 10.2. The highest BCUT2D eigenvalue weighted by Crippen LogP contribution is 2.20. The minimum atomic E-state index is -0.357. The van der Waals surface area contributed by atoms with Gasteiger partial charge in [0.1, 0.15) is 0 Å². The molecule has 0 bridgehead atoms. The Morgan fingerprint density at radius 2 is 1.50 bits per heavy atom. The average Bonchev–Trinajstić information content (AvgIpc) is 2.65. The van der Waals surface area contributed by atoms with Gasteiger partial charge in [0.15, 0.2) is 0 Å². The summed E-state index contributed by atoms with van der Waals surface area (Å²) >= 11 is 0. The Morgan fingerprint density at radius 3 is 2.12 bits per heavy atom. The molecule has 0 fully saturated rings. The van der Waals surface area contributed by atoms with Gasteiger partial charge in [-0.3, -0.25) is 4.79 Å². The van der Waals surface area contributed by atoms with Crippen molar-refractivity contribution >= 4 is 11.9 Å². The van der Waals surface area contributed by atoms with Crippen LogP contribution in [0.4, 0.5) is 4.79 Å². The van der Waals surface area contributed by atoms with Crippen molar-refractivity contribution in [1.82, 2.24) is 16.0 Å². The van der Waals surface area contributed by atoms with E-state index in [2.05, 4.69) is 29.8 Å². The number of hydrogen-bond acceptors (Lipinski definition) is 2. The molecule has 3 N–H and O–H groups in total. The predicted molar refractivity (Wildman–Crippen MR) is 103 cm³/mol. The third-order valence-electron chi connectivity index (χ3n) is 3.95. The molecular formula is C21H27N3O2. The second-order valence-corrected chi connectivity index (χ2v) is 6.68. The summed E-state index contributed by atoms with van der Waals surface area (Å²) in [7, 11) is 0. The maximum absolute atomic E-state index is 12.2. The van der Waals surface area contributed by atoms with Crippen LogP contribution in [-0.2, 0) is 11.3 Å². The summed E-state index contributed by atoms with van der Waals surface area (Å²) in [6.07, 6.45) is 0.843. The molecule has 0 aliphatic heterocycles. The van der Waals surface area contributed by atoms with E-state index in [4.69, 9.17) is 0 Å². The van der Waals surface area contributed by atoms with Crippen molar-refractivity contribution in [2.24, 2.45) is 5.92 Å². The van der Waals surface area contributed by atoms with Gasteiger partial charge in [-0.05, 0) is 23.5 Å². The fourth-order valence-electron chi connectivity index (χ4n) is 2.68. The fraction of sp³-hybridized carbons (Fsp3) is 0.333. The molecule has 2 aromatic carbocycles. The molecule has 0 saturated heterocycles. The number of hydrogen-bond donors (Lipinski definition) is 3. The smallest absolute Gasteiger partial charge is 0.315 e. The van der Waals surface area contributed by atoms with Crippen molar-refractivity contribution in [3.05, 3.63) is 71.8 Å². The average molecular weight is 353 g/mol. The van der Waals surface area contributed by atoms with Gasteiger partial charge in [-0.15, -0.1) is 0 Å². The number of amides is 3. The topological polar surface area (TPSA) is 70.2 Å². The van der Waals surface area contributed by atoms with E-state index < -0.39 is 0 Å². The van der Waals surface area contributed by atoms with Gasteiger partial charge in [0.25, 0.3) is 0 Å². The van der Waals surface area contributed by atoms with Crippen LogP contribution in [0.25, 0.3) is 0 Å². The lowest BCUT2D eigenvalue weighted by molar-refractivity contribution is -0.120. The Morgan fingerprint density at radius 1 is 0.885 bits per heavy atom. The van der Waals surface area contributed by atoms with Crippen LogP contribution >= 0.6 is 0 Å². The van der Waals surface area contributed by atoms with E-state index in [-0.39, 0.29) is 24.5 Å². The summed E-state index contributed by atoms with van der Waals surface area (Å²) in [4.78, 5) is 24.1. The maximum atomic E-state index is 12.2. The summed E-state index contributed by atoms with van der Waals surface area (Å²) in [6, 6.07) is 19.1. The molecule has 1 unspecified atom stereocenters. The Balaban J connectivity index is 1.79. The van der Waals surface area contributed by atoms with Gasteiger partial charge < -0.3 is 16.0 Å². The van der Waals surface area contributed by atoms with Gasteiger partial charge in [-0.2, -0.15) is 0 Å². The van der Waals surface area contributed by atoms with Crippen LogP contribution in [0.15, 0.2) is 60.7 Å². The van der Waals surface area contributed by atoms with E-state index in [9.17, 15) is 9.59 Å². The van der Waals surface area contributed by atoms with Gasteiger partial charge in [-0.25, -0.2) is 4.79 Å². The monoisotopic (exact) mass is 353 g/mol. The molecule has 3 amide bonds. The zero-order chi connectivity index (χ0) is 18.8. The normalized spacial score (nSPS) is 11.7. The molecule has 138 valence electrons. The van der Waals surface area contributed by atoms with Crippen LogP contribution in [0.3, 0.4) is 0 Å². The number of carbonyl (C=O) groups is 2. The molecule has 0 aliphatic rings. The summed E-state index contributed by atoms with van der Waals surface area (Å²) < 4.78 is 0. The van der Waals surface area contributed by atoms with Crippen LogP contribution in [0.2, 0.25) is 0 Å². The summed E-state index contributed by atoms with van der Waals surface area (Å²) in [5, 5.41) is 8.35. The highest BCUT2D eigenvalue weighted by atomic mass is 16.2. The van der Waals surface area contributed by atoms with E-state index in [1.807, 2.05) is 60.7 Å². The minimum absolute atomic E-state index is 0.0535. The Labute approximate surface area is 155 Å². The molecule has 2 rings (SSSR count). The van der Waals surface area contributed by atoms with Gasteiger partial charge >= 0.3 is 6.03 Å². The minimum Gasteiger partial charge on any atom is -0.348 e. The zero-order valence-electron chi connectivity index (χ0n) is 15.4. The van der Waals surface area contributed by atoms with Crippen LogP contribution in [0.5, 0.6) is 0 Å². The van der Waals surface area contributed by atoms with E-state index in [0.717, 1.165) is 17.5 Å². The maximum Gasteiger partial charge on any atom is 0.315 e. The van der Waals surface area contributed by atoms with Gasteiger partial charge in [0.05, 0.1) is 12.6 Å². The van der Waals surface area contributed by atoms with Crippen molar-refractivity contribution in [1.29, 1.82) is 0 Å². The largest absolute Gasteiger partial charge is 0.348 e. The Bertz CT molecular complexity index is 687. The summed E-state index contributed by atoms with van der Waals surface area (Å²) in [6.45, 7) is 4.62. The highest BCUT2D eigenvalue weighted by Gasteiger charge is 2.16. The third kappa shape index (κ3) is 6.97. The fourth-order valence-corrected chi connectivity index (χ4v) is 2.68. The standard InChI is InChI=1S/C21H27N3O2/c1-16(2)13-19(18-11-7-4-8-12-18)24-20(25)15-23-21(26)22-14-17-9-5-3-6-10-17/h3-12,16,19H,13-15H2,1-2H3,(H,24,25)(H2,22,23,26). The van der Waals surface area contributed by atoms with E-state index in [1.165, 1.54) is 0 Å². The lowest BCUT2D eigenvalue weighted by atomic mass is 9.97.